The van der Waals surface area contributed by atoms with Crippen molar-refractivity contribution in [1.82, 2.24) is 10.3 Å². The average Bonchev–Trinajstić information content (AvgIpc) is 3.19. The van der Waals surface area contributed by atoms with Crippen molar-refractivity contribution in [3.63, 3.8) is 0 Å². The van der Waals surface area contributed by atoms with E-state index in [0.29, 0.717) is 5.02 Å². The number of nitrogens with zero attached hydrogens (tertiary/aromatic N) is 2. The Labute approximate surface area is 161 Å². The molecule has 0 aliphatic carbocycles. The van der Waals surface area contributed by atoms with Crippen LogP contribution in [-0.4, -0.2) is 36.8 Å². The summed E-state index contributed by atoms with van der Waals surface area (Å²) < 4.78 is 0. The first-order valence-corrected chi connectivity index (χ1v) is 9.96. The Kier molecular flexibility index (Phi) is 4.49. The molecule has 2 fully saturated rings. The second kappa shape index (κ2) is 6.67. The Morgan fingerprint density at radius 3 is 2.69 bits per heavy atom. The van der Waals surface area contributed by atoms with E-state index in [-0.39, 0.29) is 11.3 Å². The number of aromatic nitrogens is 1. The number of halogens is 1. The third-order valence-electron chi connectivity index (χ3n) is 5.61. The number of carbonyl (C=O) groups is 2. The molecule has 26 heavy (non-hydrogen) atoms. The van der Waals surface area contributed by atoms with Crippen molar-refractivity contribution in [2.45, 2.75) is 26.2 Å². The minimum atomic E-state index is -0.208. The van der Waals surface area contributed by atoms with Crippen LogP contribution in [0.3, 0.4) is 0 Å². The number of carbonyl (C=O) groups excluding carboxylic acids is 2. The molecule has 0 bridgehead atoms. The number of piperidine rings is 1. The van der Waals surface area contributed by atoms with Crippen molar-refractivity contribution in [1.29, 1.82) is 0 Å². The fourth-order valence-corrected chi connectivity index (χ4v) is 5.31. The Balaban J connectivity index is 1.67. The third-order valence-corrected chi connectivity index (χ3v) is 7.08. The number of rotatable bonds is 3. The van der Waals surface area contributed by atoms with Crippen molar-refractivity contribution in [2.24, 2.45) is 5.41 Å². The fraction of sp³-hybridized carbons (Fsp3) is 0.421. The number of nitrogens with one attached hydrogen (secondary N) is 1. The summed E-state index contributed by atoms with van der Waals surface area (Å²) in [4.78, 5) is 31.7. The lowest BCUT2D eigenvalue weighted by molar-refractivity contribution is -0.128. The summed E-state index contributed by atoms with van der Waals surface area (Å²) in [6, 6.07) is 2.01. The largest absolute Gasteiger partial charge is 0.370 e. The summed E-state index contributed by atoms with van der Waals surface area (Å²) in [5, 5.41) is 3.58. The van der Waals surface area contributed by atoms with E-state index in [0.717, 1.165) is 71.8 Å². The van der Waals surface area contributed by atoms with E-state index in [1.54, 1.807) is 6.20 Å². The second-order valence-electron chi connectivity index (χ2n) is 7.07. The molecule has 136 valence electrons. The van der Waals surface area contributed by atoms with E-state index in [9.17, 15) is 9.59 Å². The lowest BCUT2D eigenvalue weighted by Crippen LogP contribution is -2.44. The van der Waals surface area contributed by atoms with Crippen LogP contribution < -0.4 is 10.2 Å². The number of aryl methyl sites for hydroxylation is 1. The van der Waals surface area contributed by atoms with Crippen LogP contribution in [0.25, 0.3) is 10.4 Å². The van der Waals surface area contributed by atoms with Gasteiger partial charge in [-0.15, -0.1) is 11.3 Å². The molecule has 0 aromatic carbocycles. The summed E-state index contributed by atoms with van der Waals surface area (Å²) >= 11 is 7.99. The highest BCUT2D eigenvalue weighted by molar-refractivity contribution is 7.17. The van der Waals surface area contributed by atoms with Crippen molar-refractivity contribution >= 4 is 40.8 Å². The van der Waals surface area contributed by atoms with Gasteiger partial charge >= 0.3 is 0 Å². The molecule has 0 atom stereocenters. The first kappa shape index (κ1) is 17.5. The Morgan fingerprint density at radius 1 is 1.31 bits per heavy atom. The van der Waals surface area contributed by atoms with Crippen LogP contribution in [0.1, 0.15) is 34.5 Å². The molecule has 0 unspecified atom stereocenters. The zero-order chi connectivity index (χ0) is 18.3. The molecule has 7 heteroatoms. The minimum absolute atomic E-state index is 0.197. The Hall–Kier alpha value is -1.92. The number of anilines is 1. The summed E-state index contributed by atoms with van der Waals surface area (Å²) in [6.45, 7) is 4.29. The second-order valence-corrected chi connectivity index (χ2v) is 8.56. The molecular formula is C19H20ClN3O2S. The zero-order valence-corrected chi connectivity index (χ0v) is 16.1. The quantitative estimate of drug-likeness (QED) is 0.813. The molecule has 1 N–H and O–H groups in total. The number of pyridine rings is 1. The van der Waals surface area contributed by atoms with Crippen LogP contribution >= 0.6 is 22.9 Å². The Morgan fingerprint density at radius 2 is 2.08 bits per heavy atom. The van der Waals surface area contributed by atoms with Gasteiger partial charge in [0.15, 0.2) is 6.29 Å². The van der Waals surface area contributed by atoms with Crippen LogP contribution in [0, 0.1) is 12.3 Å². The molecule has 2 saturated heterocycles. The molecule has 2 aromatic rings. The molecule has 2 aliphatic rings. The van der Waals surface area contributed by atoms with E-state index in [1.807, 2.05) is 19.2 Å². The maximum atomic E-state index is 12.2. The SMILES string of the molecule is Cc1cc(-c2cncc(Cl)c2N2CCC3(CCNC3=O)CC2)sc1C=O. The molecule has 2 aliphatic heterocycles. The van der Waals surface area contributed by atoms with Gasteiger partial charge in [0.1, 0.15) is 0 Å². The monoisotopic (exact) mass is 389 g/mol. The van der Waals surface area contributed by atoms with Crippen LogP contribution in [0.2, 0.25) is 5.02 Å². The van der Waals surface area contributed by atoms with E-state index >= 15 is 0 Å². The smallest absolute Gasteiger partial charge is 0.226 e. The molecule has 4 rings (SSSR count). The van der Waals surface area contributed by atoms with E-state index in [4.69, 9.17) is 11.6 Å². The van der Waals surface area contributed by atoms with E-state index in [2.05, 4.69) is 15.2 Å². The molecule has 5 nitrogen and oxygen atoms in total. The van der Waals surface area contributed by atoms with Crippen molar-refractivity contribution < 1.29 is 9.59 Å². The van der Waals surface area contributed by atoms with Gasteiger partial charge in [-0.25, -0.2) is 0 Å². The number of amides is 1. The summed E-state index contributed by atoms with van der Waals surface area (Å²) in [7, 11) is 0. The number of hydrogen-bond donors (Lipinski definition) is 1. The van der Waals surface area contributed by atoms with Gasteiger partial charge in [-0.2, -0.15) is 0 Å². The molecular weight excluding hydrogens is 370 g/mol. The normalized spacial score (nSPS) is 19.0. The first-order chi connectivity index (χ1) is 12.5. The molecule has 0 saturated carbocycles. The van der Waals surface area contributed by atoms with Gasteiger partial charge in [-0.1, -0.05) is 11.6 Å². The van der Waals surface area contributed by atoms with E-state index in [1.165, 1.54) is 11.3 Å². The summed E-state index contributed by atoms with van der Waals surface area (Å²) in [6.07, 6.45) is 6.95. The highest BCUT2D eigenvalue weighted by Crippen LogP contribution is 2.44. The van der Waals surface area contributed by atoms with Crippen LogP contribution in [-0.2, 0) is 4.79 Å². The maximum Gasteiger partial charge on any atom is 0.226 e. The van der Waals surface area contributed by atoms with Crippen molar-refractivity contribution in [3.8, 4) is 10.4 Å². The van der Waals surface area contributed by atoms with Gasteiger partial charge in [-0.05, 0) is 37.8 Å². The van der Waals surface area contributed by atoms with Crippen LogP contribution in [0.15, 0.2) is 18.5 Å². The van der Waals surface area contributed by atoms with Gasteiger partial charge in [0.05, 0.1) is 21.0 Å². The highest BCUT2D eigenvalue weighted by Gasteiger charge is 2.44. The van der Waals surface area contributed by atoms with Gasteiger partial charge < -0.3 is 10.2 Å². The Bertz CT molecular complexity index is 872. The predicted octanol–water partition coefficient (Wildman–Crippen LogP) is 3.69. The maximum absolute atomic E-state index is 12.2. The zero-order valence-electron chi connectivity index (χ0n) is 14.5. The highest BCUT2D eigenvalue weighted by atomic mass is 35.5. The van der Waals surface area contributed by atoms with Crippen molar-refractivity contribution in [3.05, 3.63) is 33.9 Å². The lowest BCUT2D eigenvalue weighted by atomic mass is 9.77. The first-order valence-electron chi connectivity index (χ1n) is 8.77. The number of thiophene rings is 1. The summed E-state index contributed by atoms with van der Waals surface area (Å²) in [5.41, 5.74) is 2.66. The number of hydrogen-bond acceptors (Lipinski definition) is 5. The lowest BCUT2D eigenvalue weighted by Gasteiger charge is -2.39. The van der Waals surface area contributed by atoms with Gasteiger partial charge in [-0.3, -0.25) is 14.6 Å². The van der Waals surface area contributed by atoms with Crippen molar-refractivity contribution in [2.75, 3.05) is 24.5 Å². The third kappa shape index (κ3) is 2.81. The van der Waals surface area contributed by atoms with Gasteiger partial charge in [0.25, 0.3) is 0 Å². The average molecular weight is 390 g/mol. The van der Waals surface area contributed by atoms with Gasteiger partial charge in [0.2, 0.25) is 5.91 Å². The minimum Gasteiger partial charge on any atom is -0.370 e. The molecule has 0 radical (unpaired) electrons. The molecule has 4 heterocycles. The topological polar surface area (TPSA) is 62.3 Å². The predicted molar refractivity (Wildman–Crippen MR) is 104 cm³/mol. The standard InChI is InChI=1S/C19H20ClN3O2S/c1-12-8-15(26-16(12)11-24)13-9-21-10-14(20)17(13)23-6-3-19(4-7-23)2-5-22-18(19)25/h8-11H,2-7H2,1H3,(H,22,25). The fourth-order valence-electron chi connectivity index (χ4n) is 4.03. The van der Waals surface area contributed by atoms with Gasteiger partial charge in [0, 0.05) is 42.5 Å². The molecule has 1 spiro atoms. The molecule has 2 aromatic heterocycles. The number of aldehydes is 1. The summed E-state index contributed by atoms with van der Waals surface area (Å²) in [5.74, 6) is 0.197. The molecule has 1 amide bonds. The van der Waals surface area contributed by atoms with Crippen LogP contribution in [0.4, 0.5) is 5.69 Å². The van der Waals surface area contributed by atoms with Crippen LogP contribution in [0.5, 0.6) is 0 Å². The van der Waals surface area contributed by atoms with E-state index < -0.39 is 0 Å².